The number of piperidine rings is 1. The molecule has 1 fully saturated rings. The van der Waals surface area contributed by atoms with E-state index >= 15 is 0 Å². The van der Waals surface area contributed by atoms with Crippen molar-refractivity contribution in [2.75, 3.05) is 18.4 Å². The molecule has 1 aromatic carbocycles. The van der Waals surface area contributed by atoms with E-state index in [1.165, 1.54) is 0 Å². The number of nitrogens with zero attached hydrogens (tertiary/aromatic N) is 1. The van der Waals surface area contributed by atoms with Crippen molar-refractivity contribution in [3.63, 3.8) is 0 Å². The molecule has 0 radical (unpaired) electrons. The van der Waals surface area contributed by atoms with Crippen LogP contribution in [-0.2, 0) is 4.79 Å². The normalized spacial score (nSPS) is 16.5. The average Bonchev–Trinajstić information content (AvgIpc) is 2.47. The second-order valence-electron chi connectivity index (χ2n) is 7.26. The van der Waals surface area contributed by atoms with Crippen LogP contribution in [0, 0.1) is 11.3 Å². The minimum absolute atomic E-state index is 0.0309. The van der Waals surface area contributed by atoms with Crippen molar-refractivity contribution in [1.82, 2.24) is 4.90 Å². The lowest BCUT2D eigenvalue weighted by atomic mass is 9.95. The number of carbonyl (C=O) groups is 2. The van der Waals surface area contributed by atoms with Gasteiger partial charge in [-0.1, -0.05) is 27.7 Å². The molecule has 2 rings (SSSR count). The van der Waals surface area contributed by atoms with Gasteiger partial charge in [0.15, 0.2) is 0 Å². The van der Waals surface area contributed by atoms with Gasteiger partial charge in [-0.25, -0.2) is 0 Å². The van der Waals surface area contributed by atoms with Crippen LogP contribution in [0.1, 0.15) is 50.9 Å². The SMILES string of the molecule is CC1CCN(C(=O)c2ccc(NC(=O)C(C)(C)C)cc2)CC1. The van der Waals surface area contributed by atoms with Crippen LogP contribution in [0.15, 0.2) is 24.3 Å². The molecule has 22 heavy (non-hydrogen) atoms. The van der Waals surface area contributed by atoms with Gasteiger partial charge in [-0.2, -0.15) is 0 Å². The van der Waals surface area contributed by atoms with Crippen molar-refractivity contribution in [3.05, 3.63) is 29.8 Å². The first-order chi connectivity index (χ1) is 10.3. The Morgan fingerprint density at radius 1 is 1.09 bits per heavy atom. The van der Waals surface area contributed by atoms with Crippen molar-refractivity contribution in [1.29, 1.82) is 0 Å². The zero-order chi connectivity index (χ0) is 16.3. The van der Waals surface area contributed by atoms with Crippen molar-refractivity contribution >= 4 is 17.5 Å². The molecule has 1 heterocycles. The Kier molecular flexibility index (Phi) is 4.89. The summed E-state index contributed by atoms with van der Waals surface area (Å²) in [5, 5.41) is 2.87. The highest BCUT2D eigenvalue weighted by atomic mass is 16.2. The smallest absolute Gasteiger partial charge is 0.253 e. The maximum atomic E-state index is 12.4. The standard InChI is InChI=1S/C18H26N2O2/c1-13-9-11-20(12-10-13)16(21)14-5-7-15(8-6-14)19-17(22)18(2,3)4/h5-8,13H,9-12H2,1-4H3,(H,19,22). The maximum Gasteiger partial charge on any atom is 0.253 e. The van der Waals surface area contributed by atoms with Crippen LogP contribution in [0.5, 0.6) is 0 Å². The summed E-state index contributed by atoms with van der Waals surface area (Å²) >= 11 is 0. The molecule has 0 unspecified atom stereocenters. The van der Waals surface area contributed by atoms with Crippen LogP contribution in [-0.4, -0.2) is 29.8 Å². The highest BCUT2D eigenvalue weighted by molar-refractivity contribution is 5.97. The van der Waals surface area contributed by atoms with Crippen molar-refractivity contribution in [2.24, 2.45) is 11.3 Å². The maximum absolute atomic E-state index is 12.4. The van der Waals surface area contributed by atoms with E-state index < -0.39 is 5.41 Å². The van der Waals surface area contributed by atoms with Crippen LogP contribution in [0.4, 0.5) is 5.69 Å². The number of nitrogens with one attached hydrogen (secondary N) is 1. The third kappa shape index (κ3) is 4.09. The van der Waals surface area contributed by atoms with E-state index in [0.717, 1.165) is 31.6 Å². The van der Waals surface area contributed by atoms with Crippen molar-refractivity contribution in [3.8, 4) is 0 Å². The minimum atomic E-state index is -0.432. The highest BCUT2D eigenvalue weighted by Crippen LogP contribution is 2.20. The molecule has 4 nitrogen and oxygen atoms in total. The van der Waals surface area contributed by atoms with Gasteiger partial charge < -0.3 is 10.2 Å². The van der Waals surface area contributed by atoms with Gasteiger partial charge in [0.25, 0.3) is 5.91 Å². The number of carbonyl (C=O) groups excluding carboxylic acids is 2. The van der Waals surface area contributed by atoms with E-state index in [9.17, 15) is 9.59 Å². The van der Waals surface area contributed by atoms with E-state index in [1.807, 2.05) is 25.7 Å². The molecule has 0 aliphatic carbocycles. The summed E-state index contributed by atoms with van der Waals surface area (Å²) in [6, 6.07) is 7.17. The van der Waals surface area contributed by atoms with Crippen molar-refractivity contribution < 1.29 is 9.59 Å². The molecule has 1 saturated heterocycles. The molecule has 0 bridgehead atoms. The van der Waals surface area contributed by atoms with Crippen LogP contribution < -0.4 is 5.32 Å². The number of hydrogen-bond donors (Lipinski definition) is 1. The first-order valence-corrected chi connectivity index (χ1v) is 7.98. The summed E-state index contributed by atoms with van der Waals surface area (Å²) in [5.74, 6) is 0.760. The van der Waals surface area contributed by atoms with Gasteiger partial charge in [0.2, 0.25) is 5.91 Å². The first kappa shape index (κ1) is 16.5. The predicted molar refractivity (Wildman–Crippen MR) is 88.8 cm³/mol. The van der Waals surface area contributed by atoms with E-state index in [0.29, 0.717) is 11.5 Å². The summed E-state index contributed by atoms with van der Waals surface area (Å²) in [7, 11) is 0. The number of rotatable bonds is 2. The van der Waals surface area contributed by atoms with Gasteiger partial charge in [-0.15, -0.1) is 0 Å². The van der Waals surface area contributed by atoms with E-state index in [1.54, 1.807) is 24.3 Å². The Morgan fingerprint density at radius 3 is 2.14 bits per heavy atom. The Balaban J connectivity index is 1.99. The Hall–Kier alpha value is -1.84. The molecule has 0 saturated carbocycles. The van der Waals surface area contributed by atoms with E-state index in [2.05, 4.69) is 12.2 Å². The zero-order valence-corrected chi connectivity index (χ0v) is 14.0. The summed E-state index contributed by atoms with van der Waals surface area (Å²) in [6.07, 6.45) is 2.15. The van der Waals surface area contributed by atoms with Gasteiger partial charge in [-0.05, 0) is 43.0 Å². The lowest BCUT2D eigenvalue weighted by molar-refractivity contribution is -0.123. The second-order valence-corrected chi connectivity index (χ2v) is 7.26. The Morgan fingerprint density at radius 2 is 1.64 bits per heavy atom. The van der Waals surface area contributed by atoms with Gasteiger partial charge in [-0.3, -0.25) is 9.59 Å². The fourth-order valence-corrected chi connectivity index (χ4v) is 2.41. The Labute approximate surface area is 132 Å². The predicted octanol–water partition coefficient (Wildman–Crippen LogP) is 3.54. The molecule has 4 heteroatoms. The van der Waals surface area contributed by atoms with Crippen LogP contribution in [0.2, 0.25) is 0 Å². The average molecular weight is 302 g/mol. The van der Waals surface area contributed by atoms with Crippen molar-refractivity contribution in [2.45, 2.75) is 40.5 Å². The zero-order valence-electron chi connectivity index (χ0n) is 14.0. The topological polar surface area (TPSA) is 49.4 Å². The quantitative estimate of drug-likeness (QED) is 0.908. The molecule has 1 aliphatic heterocycles. The monoisotopic (exact) mass is 302 g/mol. The number of anilines is 1. The molecule has 0 spiro atoms. The minimum Gasteiger partial charge on any atom is -0.339 e. The number of amides is 2. The lowest BCUT2D eigenvalue weighted by Gasteiger charge is -2.30. The van der Waals surface area contributed by atoms with Crippen LogP contribution >= 0.6 is 0 Å². The molecular weight excluding hydrogens is 276 g/mol. The molecular formula is C18H26N2O2. The van der Waals surface area contributed by atoms with Crippen LogP contribution in [0.3, 0.4) is 0 Å². The summed E-state index contributed by atoms with van der Waals surface area (Å²) in [5.41, 5.74) is 0.978. The summed E-state index contributed by atoms with van der Waals surface area (Å²) < 4.78 is 0. The summed E-state index contributed by atoms with van der Waals surface area (Å²) in [4.78, 5) is 26.3. The second kappa shape index (κ2) is 6.51. The van der Waals surface area contributed by atoms with Gasteiger partial charge in [0.1, 0.15) is 0 Å². The number of benzene rings is 1. The first-order valence-electron chi connectivity index (χ1n) is 7.98. The number of likely N-dealkylation sites (tertiary alicyclic amines) is 1. The van der Waals surface area contributed by atoms with Gasteiger partial charge in [0, 0.05) is 29.8 Å². The molecule has 1 N–H and O–H groups in total. The molecule has 2 amide bonds. The van der Waals surface area contributed by atoms with E-state index in [-0.39, 0.29) is 11.8 Å². The lowest BCUT2D eigenvalue weighted by Crippen LogP contribution is -2.37. The highest BCUT2D eigenvalue weighted by Gasteiger charge is 2.23. The fourth-order valence-electron chi connectivity index (χ4n) is 2.41. The third-order valence-corrected chi connectivity index (χ3v) is 4.14. The molecule has 120 valence electrons. The third-order valence-electron chi connectivity index (χ3n) is 4.14. The fraction of sp³-hybridized carbons (Fsp3) is 0.556. The largest absolute Gasteiger partial charge is 0.339 e. The summed E-state index contributed by atoms with van der Waals surface area (Å²) in [6.45, 7) is 9.52. The van der Waals surface area contributed by atoms with Gasteiger partial charge >= 0.3 is 0 Å². The van der Waals surface area contributed by atoms with E-state index in [4.69, 9.17) is 0 Å². The van der Waals surface area contributed by atoms with Crippen LogP contribution in [0.25, 0.3) is 0 Å². The molecule has 1 aromatic rings. The molecule has 0 atom stereocenters. The molecule has 1 aliphatic rings. The molecule has 0 aromatic heterocycles. The van der Waals surface area contributed by atoms with Gasteiger partial charge in [0.05, 0.1) is 0 Å². The number of hydrogen-bond acceptors (Lipinski definition) is 2. The Bertz CT molecular complexity index is 535.